The molecule has 152 valence electrons. The summed E-state index contributed by atoms with van der Waals surface area (Å²) in [5.74, 6) is 1.72. The van der Waals surface area contributed by atoms with Crippen molar-refractivity contribution in [2.24, 2.45) is 29.6 Å². The Balaban J connectivity index is 1.57. The first-order chi connectivity index (χ1) is 14.0. The molecule has 6 atom stereocenters. The van der Waals surface area contributed by atoms with Crippen molar-refractivity contribution in [3.05, 3.63) is 59.4 Å². The number of hydrogen-bond donors (Lipinski definition) is 0. The van der Waals surface area contributed by atoms with Crippen LogP contribution in [0.2, 0.25) is 5.02 Å². The maximum Gasteiger partial charge on any atom is 0.309 e. The van der Waals surface area contributed by atoms with E-state index in [1.165, 1.54) is 0 Å². The molecule has 2 aromatic rings. The van der Waals surface area contributed by atoms with Crippen molar-refractivity contribution in [3.8, 4) is 11.1 Å². The second-order valence-electron chi connectivity index (χ2n) is 8.53. The summed E-state index contributed by atoms with van der Waals surface area (Å²) < 4.78 is 5.61. The third-order valence-electron chi connectivity index (χ3n) is 6.81. The van der Waals surface area contributed by atoms with Gasteiger partial charge in [-0.25, -0.2) is 0 Å². The van der Waals surface area contributed by atoms with Crippen LogP contribution >= 0.6 is 11.6 Å². The predicted octanol–water partition coefficient (Wildman–Crippen LogP) is 6.28. The Morgan fingerprint density at radius 3 is 2.72 bits per heavy atom. The van der Waals surface area contributed by atoms with Crippen LogP contribution in [-0.2, 0) is 9.53 Å². The number of nitrogens with zero attached hydrogens (tertiary/aromatic N) is 1. The standard InChI is InChI=1S/C25H28ClNO2/c1-4-21-15(2)12-23-24(16(3)29-25(23)28)22(21)11-10-20-9-8-18(14-27-20)17-6-5-7-19(26)13-17/h5-11,13-16,21-24H,4,12H2,1-3H3/b11-10+/t15?,16-,21?,22?,23?,24?/m1/s1. The minimum Gasteiger partial charge on any atom is -0.462 e. The minimum absolute atomic E-state index is 0.00805. The molecule has 4 rings (SSSR count). The average molecular weight is 410 g/mol. The summed E-state index contributed by atoms with van der Waals surface area (Å²) in [7, 11) is 0. The fraction of sp³-hybridized carbons (Fsp3) is 0.440. The normalized spacial score (nSPS) is 31.7. The summed E-state index contributed by atoms with van der Waals surface area (Å²) in [6.07, 6.45) is 8.33. The molecule has 0 amide bonds. The Morgan fingerprint density at radius 2 is 2.03 bits per heavy atom. The van der Waals surface area contributed by atoms with Gasteiger partial charge < -0.3 is 4.74 Å². The number of fused-ring (bicyclic) bond motifs is 1. The van der Waals surface area contributed by atoms with Crippen LogP contribution < -0.4 is 0 Å². The molecule has 1 saturated heterocycles. The first-order valence-corrected chi connectivity index (χ1v) is 11.0. The zero-order valence-corrected chi connectivity index (χ0v) is 18.0. The number of allylic oxidation sites excluding steroid dienone is 1. The van der Waals surface area contributed by atoms with Crippen molar-refractivity contribution < 1.29 is 9.53 Å². The van der Waals surface area contributed by atoms with Gasteiger partial charge in [-0.3, -0.25) is 9.78 Å². The highest BCUT2D eigenvalue weighted by Gasteiger charge is 2.52. The third kappa shape index (κ3) is 3.98. The number of aromatic nitrogens is 1. The van der Waals surface area contributed by atoms with Gasteiger partial charge in [-0.05, 0) is 60.9 Å². The van der Waals surface area contributed by atoms with Gasteiger partial charge in [-0.15, -0.1) is 0 Å². The molecule has 0 spiro atoms. The Hall–Kier alpha value is -2.13. The van der Waals surface area contributed by atoms with Crippen LogP contribution in [0.25, 0.3) is 17.2 Å². The fourth-order valence-corrected chi connectivity index (χ4v) is 5.60. The quantitative estimate of drug-likeness (QED) is 0.558. The van der Waals surface area contributed by atoms with E-state index in [1.54, 1.807) is 0 Å². The molecular weight excluding hydrogens is 382 g/mol. The van der Waals surface area contributed by atoms with Crippen LogP contribution in [0, 0.1) is 29.6 Å². The van der Waals surface area contributed by atoms with Crippen LogP contribution in [0.4, 0.5) is 0 Å². The number of halogens is 1. The van der Waals surface area contributed by atoms with Gasteiger partial charge in [0.2, 0.25) is 0 Å². The topological polar surface area (TPSA) is 39.2 Å². The number of esters is 1. The summed E-state index contributed by atoms with van der Waals surface area (Å²) in [5, 5.41) is 0.723. The fourth-order valence-electron chi connectivity index (χ4n) is 5.41. The van der Waals surface area contributed by atoms with Gasteiger partial charge in [-0.1, -0.05) is 56.1 Å². The zero-order valence-electron chi connectivity index (χ0n) is 17.2. The molecule has 5 unspecified atom stereocenters. The lowest BCUT2D eigenvalue weighted by Crippen LogP contribution is -2.40. The van der Waals surface area contributed by atoms with E-state index in [0.717, 1.165) is 34.7 Å². The monoisotopic (exact) mass is 409 g/mol. The van der Waals surface area contributed by atoms with Crippen LogP contribution in [0.3, 0.4) is 0 Å². The molecule has 0 bridgehead atoms. The van der Waals surface area contributed by atoms with E-state index < -0.39 is 0 Å². The van der Waals surface area contributed by atoms with Gasteiger partial charge >= 0.3 is 5.97 Å². The predicted molar refractivity (Wildman–Crippen MR) is 117 cm³/mol. The van der Waals surface area contributed by atoms with Crippen LogP contribution in [0.15, 0.2) is 48.7 Å². The first kappa shape index (κ1) is 20.2. The van der Waals surface area contributed by atoms with Crippen molar-refractivity contribution in [1.82, 2.24) is 4.98 Å². The van der Waals surface area contributed by atoms with Crippen LogP contribution in [0.1, 0.15) is 39.3 Å². The van der Waals surface area contributed by atoms with Crippen LogP contribution in [0.5, 0.6) is 0 Å². The lowest BCUT2D eigenvalue weighted by atomic mass is 9.61. The maximum absolute atomic E-state index is 12.3. The lowest BCUT2D eigenvalue weighted by molar-refractivity contribution is -0.144. The van der Waals surface area contributed by atoms with Gasteiger partial charge in [0.25, 0.3) is 0 Å². The Bertz CT molecular complexity index is 907. The number of cyclic esters (lactones) is 1. The minimum atomic E-state index is -0.0122. The Labute approximate surface area is 178 Å². The number of rotatable bonds is 4. The van der Waals surface area contributed by atoms with Crippen molar-refractivity contribution in [2.75, 3.05) is 0 Å². The van der Waals surface area contributed by atoms with Crippen molar-refractivity contribution >= 4 is 23.6 Å². The van der Waals surface area contributed by atoms with Gasteiger partial charge in [0.15, 0.2) is 0 Å². The molecule has 29 heavy (non-hydrogen) atoms. The molecule has 2 fully saturated rings. The highest BCUT2D eigenvalue weighted by Crippen LogP contribution is 2.50. The molecule has 2 heterocycles. The van der Waals surface area contributed by atoms with Gasteiger partial charge in [0, 0.05) is 22.7 Å². The molecule has 1 saturated carbocycles. The van der Waals surface area contributed by atoms with E-state index in [1.807, 2.05) is 43.5 Å². The third-order valence-corrected chi connectivity index (χ3v) is 7.05. The molecule has 1 aliphatic heterocycles. The number of carbonyl (C=O) groups is 1. The second kappa shape index (κ2) is 8.31. The molecule has 1 aromatic carbocycles. The molecule has 4 heteroatoms. The van der Waals surface area contributed by atoms with Crippen molar-refractivity contribution in [2.45, 2.75) is 39.7 Å². The molecule has 0 radical (unpaired) electrons. The van der Waals surface area contributed by atoms with E-state index >= 15 is 0 Å². The summed E-state index contributed by atoms with van der Waals surface area (Å²) in [6, 6.07) is 11.9. The molecule has 0 N–H and O–H groups in total. The average Bonchev–Trinajstić information content (AvgIpc) is 2.99. The van der Waals surface area contributed by atoms with Gasteiger partial charge in [-0.2, -0.15) is 0 Å². The van der Waals surface area contributed by atoms with E-state index in [-0.39, 0.29) is 23.9 Å². The smallest absolute Gasteiger partial charge is 0.309 e. The maximum atomic E-state index is 12.3. The van der Waals surface area contributed by atoms with Crippen LogP contribution in [-0.4, -0.2) is 17.1 Å². The first-order valence-electron chi connectivity index (χ1n) is 10.6. The summed E-state index contributed by atoms with van der Waals surface area (Å²) >= 11 is 6.10. The molecule has 1 aromatic heterocycles. The van der Waals surface area contributed by atoms with Gasteiger partial charge in [0.1, 0.15) is 6.10 Å². The number of benzene rings is 1. The number of carbonyl (C=O) groups excluding carboxylic acids is 1. The lowest BCUT2D eigenvalue weighted by Gasteiger charge is -2.41. The Kier molecular flexibility index (Phi) is 5.78. The van der Waals surface area contributed by atoms with E-state index in [2.05, 4.69) is 37.0 Å². The number of pyridine rings is 1. The molecule has 2 aliphatic rings. The summed E-state index contributed by atoms with van der Waals surface area (Å²) in [5.41, 5.74) is 3.04. The summed E-state index contributed by atoms with van der Waals surface area (Å²) in [6.45, 7) is 6.58. The molecular formula is C25H28ClNO2. The summed E-state index contributed by atoms with van der Waals surface area (Å²) in [4.78, 5) is 16.9. The van der Waals surface area contributed by atoms with Crippen molar-refractivity contribution in [1.29, 1.82) is 0 Å². The highest BCUT2D eigenvalue weighted by atomic mass is 35.5. The van der Waals surface area contributed by atoms with E-state index in [4.69, 9.17) is 16.3 Å². The van der Waals surface area contributed by atoms with E-state index in [9.17, 15) is 4.79 Å². The second-order valence-corrected chi connectivity index (χ2v) is 8.97. The largest absolute Gasteiger partial charge is 0.462 e. The SMILES string of the molecule is CCC1C(C)CC2C(=O)O[C@H](C)C2C1/C=C/c1ccc(-c2cccc(Cl)c2)cn1. The number of hydrogen-bond acceptors (Lipinski definition) is 3. The molecule has 1 aliphatic carbocycles. The molecule has 3 nitrogen and oxygen atoms in total. The Morgan fingerprint density at radius 1 is 1.21 bits per heavy atom. The van der Waals surface area contributed by atoms with Crippen molar-refractivity contribution in [3.63, 3.8) is 0 Å². The van der Waals surface area contributed by atoms with E-state index in [0.29, 0.717) is 17.8 Å². The highest BCUT2D eigenvalue weighted by molar-refractivity contribution is 6.30. The zero-order chi connectivity index (χ0) is 20.5. The number of ether oxygens (including phenoxy) is 1. The van der Waals surface area contributed by atoms with Gasteiger partial charge in [0.05, 0.1) is 11.6 Å².